The molecule has 2 atom stereocenters. The van der Waals surface area contributed by atoms with Crippen molar-refractivity contribution < 1.29 is 0 Å². The van der Waals surface area contributed by atoms with Crippen molar-refractivity contribution in [1.29, 1.82) is 10.5 Å². The molecule has 0 radical (unpaired) electrons. The molecular weight excluding hydrogens is 232 g/mol. The van der Waals surface area contributed by atoms with Gasteiger partial charge in [-0.2, -0.15) is 10.5 Å². The molecule has 2 rings (SSSR count). The third-order valence-corrected chi connectivity index (χ3v) is 6.33. The lowest BCUT2D eigenvalue weighted by molar-refractivity contribution is 0.0350. The molecule has 0 heterocycles. The van der Waals surface area contributed by atoms with E-state index in [0.717, 1.165) is 32.1 Å². The van der Waals surface area contributed by atoms with Crippen LogP contribution in [0, 0.1) is 50.7 Å². The van der Waals surface area contributed by atoms with Gasteiger partial charge in [0.1, 0.15) is 0 Å². The van der Waals surface area contributed by atoms with Crippen molar-refractivity contribution >= 4 is 0 Å². The summed E-state index contributed by atoms with van der Waals surface area (Å²) in [6.07, 6.45) is 6.45. The van der Waals surface area contributed by atoms with E-state index in [1.54, 1.807) is 0 Å². The zero-order chi connectivity index (χ0) is 14.3. The van der Waals surface area contributed by atoms with E-state index in [-0.39, 0.29) is 16.2 Å². The fourth-order valence-corrected chi connectivity index (χ4v) is 4.09. The summed E-state index contributed by atoms with van der Waals surface area (Å²) in [6.45, 7) is 8.88. The van der Waals surface area contributed by atoms with Crippen LogP contribution in [-0.2, 0) is 0 Å². The molecule has 0 N–H and O–H groups in total. The van der Waals surface area contributed by atoms with Gasteiger partial charge in [-0.15, -0.1) is 0 Å². The van der Waals surface area contributed by atoms with Crippen LogP contribution in [0.2, 0.25) is 0 Å². The Morgan fingerprint density at radius 1 is 1.11 bits per heavy atom. The molecule has 0 amide bonds. The van der Waals surface area contributed by atoms with Crippen LogP contribution in [0.5, 0.6) is 0 Å². The minimum absolute atomic E-state index is 0.0547. The van der Waals surface area contributed by atoms with Gasteiger partial charge in [0.05, 0.1) is 23.0 Å². The van der Waals surface area contributed by atoms with Gasteiger partial charge in [0.2, 0.25) is 0 Å². The maximum Gasteiger partial charge on any atom is 0.0695 e. The quantitative estimate of drug-likeness (QED) is 0.738. The first kappa shape index (κ1) is 14.4. The molecule has 0 saturated heterocycles. The minimum atomic E-state index is -0.161. The SMILES string of the molecule is CC(C)C1(C#N)CCCC(C(C)(C)C2(C#N)CC2)C1. The second kappa shape index (κ2) is 4.52. The highest BCUT2D eigenvalue weighted by Crippen LogP contribution is 2.64. The zero-order valence-electron chi connectivity index (χ0n) is 12.8. The number of rotatable bonds is 3. The molecule has 2 aliphatic carbocycles. The lowest BCUT2D eigenvalue weighted by atomic mass is 9.55. The Morgan fingerprint density at radius 3 is 2.16 bits per heavy atom. The summed E-state index contributed by atoms with van der Waals surface area (Å²) in [5.41, 5.74) is -0.210. The molecular formula is C17H26N2. The van der Waals surface area contributed by atoms with Crippen LogP contribution in [-0.4, -0.2) is 0 Å². The first-order valence-electron chi connectivity index (χ1n) is 7.66. The summed E-state index contributed by atoms with van der Waals surface area (Å²) in [7, 11) is 0. The Balaban J connectivity index is 2.23. The molecule has 2 heteroatoms. The summed E-state index contributed by atoms with van der Waals surface area (Å²) in [5.74, 6) is 0.929. The number of hydrogen-bond donors (Lipinski definition) is 0. The standard InChI is InChI=1S/C17H26N2/c1-13(2)16(11-18)7-5-6-14(10-16)15(3,4)17(12-19)8-9-17/h13-14H,5-10H2,1-4H3. The zero-order valence-corrected chi connectivity index (χ0v) is 12.8. The van der Waals surface area contributed by atoms with Crippen molar-refractivity contribution in [2.75, 3.05) is 0 Å². The summed E-state index contributed by atoms with van der Waals surface area (Å²) in [5, 5.41) is 19.2. The van der Waals surface area contributed by atoms with Gasteiger partial charge in [0.25, 0.3) is 0 Å². The third kappa shape index (κ3) is 2.06. The molecule has 2 fully saturated rings. The number of nitrogens with zero attached hydrogens (tertiary/aromatic N) is 2. The minimum Gasteiger partial charge on any atom is -0.198 e. The molecule has 0 aromatic rings. The van der Waals surface area contributed by atoms with E-state index in [0.29, 0.717) is 11.8 Å². The Kier molecular flexibility index (Phi) is 3.42. The number of hydrogen-bond acceptors (Lipinski definition) is 2. The maximum absolute atomic E-state index is 9.66. The van der Waals surface area contributed by atoms with E-state index in [1.807, 2.05) is 0 Å². The van der Waals surface area contributed by atoms with Gasteiger partial charge >= 0.3 is 0 Å². The summed E-state index contributed by atoms with van der Waals surface area (Å²) in [4.78, 5) is 0. The van der Waals surface area contributed by atoms with Gasteiger partial charge in [0, 0.05) is 0 Å². The Morgan fingerprint density at radius 2 is 1.74 bits per heavy atom. The van der Waals surface area contributed by atoms with Gasteiger partial charge in [-0.1, -0.05) is 34.1 Å². The van der Waals surface area contributed by atoms with Crippen molar-refractivity contribution in [3.8, 4) is 12.1 Å². The Bertz CT molecular complexity index is 431. The molecule has 2 nitrogen and oxygen atoms in total. The second-order valence-electron chi connectivity index (χ2n) is 7.63. The van der Waals surface area contributed by atoms with Crippen LogP contribution in [0.4, 0.5) is 0 Å². The van der Waals surface area contributed by atoms with Crippen LogP contribution >= 0.6 is 0 Å². The van der Waals surface area contributed by atoms with E-state index in [4.69, 9.17) is 0 Å². The van der Waals surface area contributed by atoms with E-state index in [9.17, 15) is 10.5 Å². The second-order valence-corrected chi connectivity index (χ2v) is 7.63. The van der Waals surface area contributed by atoms with E-state index < -0.39 is 0 Å². The molecule has 0 aromatic carbocycles. The van der Waals surface area contributed by atoms with Gasteiger partial charge in [0.15, 0.2) is 0 Å². The first-order valence-corrected chi connectivity index (χ1v) is 7.66. The van der Waals surface area contributed by atoms with Gasteiger partial charge in [-0.3, -0.25) is 0 Å². The fraction of sp³-hybridized carbons (Fsp3) is 0.882. The van der Waals surface area contributed by atoms with Crippen LogP contribution in [0.15, 0.2) is 0 Å². The van der Waals surface area contributed by atoms with E-state index >= 15 is 0 Å². The predicted molar refractivity (Wildman–Crippen MR) is 75.9 cm³/mol. The lowest BCUT2D eigenvalue weighted by Gasteiger charge is -2.47. The van der Waals surface area contributed by atoms with Crippen molar-refractivity contribution in [3.63, 3.8) is 0 Å². The number of nitriles is 2. The largest absolute Gasteiger partial charge is 0.198 e. The molecule has 104 valence electrons. The molecule has 2 unspecified atom stereocenters. The topological polar surface area (TPSA) is 47.6 Å². The van der Waals surface area contributed by atoms with Gasteiger partial charge < -0.3 is 0 Å². The molecule has 0 bridgehead atoms. The van der Waals surface area contributed by atoms with Crippen LogP contribution in [0.25, 0.3) is 0 Å². The highest BCUT2D eigenvalue weighted by atomic mass is 14.6. The summed E-state index contributed by atoms with van der Waals surface area (Å²) >= 11 is 0. The van der Waals surface area contributed by atoms with Crippen molar-refractivity contribution in [2.45, 2.75) is 66.2 Å². The highest BCUT2D eigenvalue weighted by Gasteiger charge is 2.59. The monoisotopic (exact) mass is 258 g/mol. The molecule has 0 aliphatic heterocycles. The van der Waals surface area contributed by atoms with Crippen molar-refractivity contribution in [3.05, 3.63) is 0 Å². The van der Waals surface area contributed by atoms with Crippen LogP contribution in [0.3, 0.4) is 0 Å². The van der Waals surface area contributed by atoms with Crippen LogP contribution < -0.4 is 0 Å². The molecule has 19 heavy (non-hydrogen) atoms. The van der Waals surface area contributed by atoms with Gasteiger partial charge in [-0.05, 0) is 49.4 Å². The Hall–Kier alpha value is -1.02. The Labute approximate surface area is 117 Å². The first-order chi connectivity index (χ1) is 8.83. The molecule has 2 saturated carbocycles. The smallest absolute Gasteiger partial charge is 0.0695 e. The third-order valence-electron chi connectivity index (χ3n) is 6.33. The van der Waals surface area contributed by atoms with E-state index in [1.165, 1.54) is 6.42 Å². The molecule has 0 spiro atoms. The van der Waals surface area contributed by atoms with Gasteiger partial charge in [-0.25, -0.2) is 0 Å². The fourth-order valence-electron chi connectivity index (χ4n) is 4.09. The highest BCUT2D eigenvalue weighted by molar-refractivity contribution is 5.19. The lowest BCUT2D eigenvalue weighted by Crippen LogP contribution is -2.41. The normalized spacial score (nSPS) is 33.5. The summed E-state index contributed by atoms with van der Waals surface area (Å²) < 4.78 is 0. The van der Waals surface area contributed by atoms with E-state index in [2.05, 4.69) is 39.8 Å². The van der Waals surface area contributed by atoms with Crippen LogP contribution in [0.1, 0.15) is 66.2 Å². The predicted octanol–water partition coefficient (Wildman–Crippen LogP) is 4.67. The summed E-state index contributed by atoms with van der Waals surface area (Å²) in [6, 6.07) is 5.21. The van der Waals surface area contributed by atoms with Crippen molar-refractivity contribution in [2.24, 2.45) is 28.1 Å². The molecule has 0 aromatic heterocycles. The average Bonchev–Trinajstić information content (AvgIpc) is 3.19. The maximum atomic E-state index is 9.66. The van der Waals surface area contributed by atoms with Crippen molar-refractivity contribution in [1.82, 2.24) is 0 Å². The molecule has 2 aliphatic rings. The average molecular weight is 258 g/mol.